The highest BCUT2D eigenvalue weighted by Gasteiger charge is 2.33. The van der Waals surface area contributed by atoms with Crippen molar-refractivity contribution in [2.45, 2.75) is 39.2 Å². The SMILES string of the molecule is CC(C)C(=O)N1CCCCC1c1nc(-c2ccccc2)no1. The molecule has 1 amide bonds. The summed E-state index contributed by atoms with van der Waals surface area (Å²) in [5.74, 6) is 1.27. The van der Waals surface area contributed by atoms with Gasteiger partial charge in [0.2, 0.25) is 17.6 Å². The number of aromatic nitrogens is 2. The lowest BCUT2D eigenvalue weighted by atomic mass is 10.00. The van der Waals surface area contributed by atoms with E-state index in [4.69, 9.17) is 4.52 Å². The zero-order valence-corrected chi connectivity index (χ0v) is 13.0. The van der Waals surface area contributed by atoms with Crippen LogP contribution in [0.1, 0.15) is 45.0 Å². The number of piperidine rings is 1. The third-order valence-corrected chi connectivity index (χ3v) is 4.04. The summed E-state index contributed by atoms with van der Waals surface area (Å²) >= 11 is 0. The Morgan fingerprint density at radius 1 is 1.27 bits per heavy atom. The van der Waals surface area contributed by atoms with Gasteiger partial charge in [0.05, 0.1) is 0 Å². The van der Waals surface area contributed by atoms with E-state index in [1.54, 1.807) is 0 Å². The summed E-state index contributed by atoms with van der Waals surface area (Å²) in [5, 5.41) is 4.08. The number of likely N-dealkylation sites (tertiary alicyclic amines) is 1. The third-order valence-electron chi connectivity index (χ3n) is 4.04. The molecule has 1 unspecified atom stereocenters. The molecular weight excluding hydrogens is 278 g/mol. The van der Waals surface area contributed by atoms with Gasteiger partial charge in [-0.1, -0.05) is 49.3 Å². The Kier molecular flexibility index (Phi) is 4.22. The fourth-order valence-electron chi connectivity index (χ4n) is 2.86. The predicted octanol–water partition coefficient (Wildman–Crippen LogP) is 3.45. The van der Waals surface area contributed by atoms with Crippen LogP contribution in [0, 0.1) is 5.92 Å². The number of carbonyl (C=O) groups is 1. The molecule has 0 spiro atoms. The van der Waals surface area contributed by atoms with Gasteiger partial charge in [-0.2, -0.15) is 4.98 Å². The van der Waals surface area contributed by atoms with Crippen molar-refractivity contribution < 1.29 is 9.32 Å². The molecule has 2 aromatic rings. The lowest BCUT2D eigenvalue weighted by Gasteiger charge is -2.34. The van der Waals surface area contributed by atoms with E-state index in [9.17, 15) is 4.79 Å². The van der Waals surface area contributed by atoms with Crippen molar-refractivity contribution in [3.63, 3.8) is 0 Å². The Labute approximate surface area is 130 Å². The van der Waals surface area contributed by atoms with Gasteiger partial charge in [-0.3, -0.25) is 4.79 Å². The fourth-order valence-corrected chi connectivity index (χ4v) is 2.86. The second-order valence-corrected chi connectivity index (χ2v) is 6.02. The Bertz CT molecular complexity index is 636. The molecule has 5 nitrogen and oxygen atoms in total. The smallest absolute Gasteiger partial charge is 0.249 e. The maximum Gasteiger partial charge on any atom is 0.249 e. The molecule has 1 atom stereocenters. The summed E-state index contributed by atoms with van der Waals surface area (Å²) in [7, 11) is 0. The van der Waals surface area contributed by atoms with Crippen LogP contribution in [0.4, 0.5) is 0 Å². The monoisotopic (exact) mass is 299 g/mol. The number of amides is 1. The highest BCUT2D eigenvalue weighted by molar-refractivity contribution is 5.78. The Balaban J connectivity index is 1.86. The molecule has 1 aromatic carbocycles. The van der Waals surface area contributed by atoms with Gasteiger partial charge in [-0.25, -0.2) is 0 Å². The van der Waals surface area contributed by atoms with E-state index in [0.29, 0.717) is 11.7 Å². The molecule has 3 rings (SSSR count). The molecule has 0 bridgehead atoms. The largest absolute Gasteiger partial charge is 0.337 e. The normalized spacial score (nSPS) is 18.7. The standard InChI is InChI=1S/C17H21N3O2/c1-12(2)17(21)20-11-7-6-10-14(20)16-18-15(19-22-16)13-8-4-3-5-9-13/h3-5,8-9,12,14H,6-7,10-11H2,1-2H3. The quantitative estimate of drug-likeness (QED) is 0.871. The van der Waals surface area contributed by atoms with Crippen molar-refractivity contribution in [2.75, 3.05) is 6.54 Å². The number of nitrogens with zero attached hydrogens (tertiary/aromatic N) is 3. The van der Waals surface area contributed by atoms with Gasteiger partial charge in [-0.15, -0.1) is 0 Å². The molecule has 1 aliphatic heterocycles. The lowest BCUT2D eigenvalue weighted by Crippen LogP contribution is -2.40. The lowest BCUT2D eigenvalue weighted by molar-refractivity contribution is -0.139. The van der Waals surface area contributed by atoms with E-state index in [2.05, 4.69) is 10.1 Å². The number of benzene rings is 1. The first-order valence-electron chi connectivity index (χ1n) is 7.86. The number of carbonyl (C=O) groups excluding carboxylic acids is 1. The zero-order valence-electron chi connectivity index (χ0n) is 13.0. The van der Waals surface area contributed by atoms with Gasteiger partial charge >= 0.3 is 0 Å². The Morgan fingerprint density at radius 3 is 2.77 bits per heavy atom. The van der Waals surface area contributed by atoms with Crippen molar-refractivity contribution in [3.05, 3.63) is 36.2 Å². The van der Waals surface area contributed by atoms with E-state index < -0.39 is 0 Å². The Morgan fingerprint density at radius 2 is 2.05 bits per heavy atom. The van der Waals surface area contributed by atoms with E-state index in [1.165, 1.54) is 0 Å². The minimum absolute atomic E-state index is 0.0166. The molecule has 116 valence electrons. The van der Waals surface area contributed by atoms with Crippen molar-refractivity contribution in [2.24, 2.45) is 5.92 Å². The minimum atomic E-state index is -0.0892. The molecule has 1 aromatic heterocycles. The molecule has 0 N–H and O–H groups in total. The predicted molar refractivity (Wildman–Crippen MR) is 82.9 cm³/mol. The molecule has 1 fully saturated rings. The van der Waals surface area contributed by atoms with Crippen molar-refractivity contribution in [3.8, 4) is 11.4 Å². The second-order valence-electron chi connectivity index (χ2n) is 6.02. The minimum Gasteiger partial charge on any atom is -0.337 e. The number of hydrogen-bond donors (Lipinski definition) is 0. The highest BCUT2D eigenvalue weighted by atomic mass is 16.5. The molecular formula is C17H21N3O2. The molecule has 2 heterocycles. The van der Waals surface area contributed by atoms with Crippen molar-refractivity contribution >= 4 is 5.91 Å². The summed E-state index contributed by atoms with van der Waals surface area (Å²) < 4.78 is 5.46. The van der Waals surface area contributed by atoms with Crippen LogP contribution in [-0.2, 0) is 4.79 Å². The average molecular weight is 299 g/mol. The van der Waals surface area contributed by atoms with E-state index in [-0.39, 0.29) is 17.9 Å². The Hall–Kier alpha value is -2.17. The maximum atomic E-state index is 12.4. The first kappa shape index (κ1) is 14.8. The second kappa shape index (κ2) is 6.30. The van der Waals surface area contributed by atoms with Crippen LogP contribution in [0.3, 0.4) is 0 Å². The van der Waals surface area contributed by atoms with Crippen LogP contribution in [-0.4, -0.2) is 27.5 Å². The van der Waals surface area contributed by atoms with Crippen LogP contribution in [0.2, 0.25) is 0 Å². The maximum absolute atomic E-state index is 12.4. The first-order valence-corrected chi connectivity index (χ1v) is 7.86. The summed E-state index contributed by atoms with van der Waals surface area (Å²) in [6.45, 7) is 4.62. The summed E-state index contributed by atoms with van der Waals surface area (Å²) in [4.78, 5) is 18.8. The van der Waals surface area contributed by atoms with Crippen molar-refractivity contribution in [1.82, 2.24) is 15.0 Å². The molecule has 1 saturated heterocycles. The van der Waals surface area contributed by atoms with Crippen LogP contribution in [0.15, 0.2) is 34.9 Å². The summed E-state index contributed by atoms with van der Waals surface area (Å²) in [6, 6.07) is 9.66. The molecule has 1 aliphatic rings. The molecule has 0 radical (unpaired) electrons. The van der Waals surface area contributed by atoms with Crippen LogP contribution >= 0.6 is 0 Å². The summed E-state index contributed by atoms with van der Waals surface area (Å²) in [5.41, 5.74) is 0.926. The highest BCUT2D eigenvalue weighted by Crippen LogP contribution is 2.32. The molecule has 0 aliphatic carbocycles. The van der Waals surface area contributed by atoms with Gasteiger partial charge in [0, 0.05) is 18.0 Å². The third kappa shape index (κ3) is 2.89. The molecule has 22 heavy (non-hydrogen) atoms. The average Bonchev–Trinajstić information content (AvgIpc) is 3.05. The van der Waals surface area contributed by atoms with Gasteiger partial charge in [0.15, 0.2) is 0 Å². The fraction of sp³-hybridized carbons (Fsp3) is 0.471. The number of hydrogen-bond acceptors (Lipinski definition) is 4. The zero-order chi connectivity index (χ0) is 15.5. The topological polar surface area (TPSA) is 59.2 Å². The first-order chi connectivity index (χ1) is 10.7. The van der Waals surface area contributed by atoms with Crippen LogP contribution in [0.25, 0.3) is 11.4 Å². The van der Waals surface area contributed by atoms with E-state index >= 15 is 0 Å². The van der Waals surface area contributed by atoms with Crippen LogP contribution in [0.5, 0.6) is 0 Å². The molecule has 5 heteroatoms. The molecule has 0 saturated carbocycles. The van der Waals surface area contributed by atoms with Gasteiger partial charge < -0.3 is 9.42 Å². The van der Waals surface area contributed by atoms with Crippen LogP contribution < -0.4 is 0 Å². The van der Waals surface area contributed by atoms with Gasteiger partial charge in [-0.05, 0) is 19.3 Å². The van der Waals surface area contributed by atoms with Gasteiger partial charge in [0.1, 0.15) is 6.04 Å². The van der Waals surface area contributed by atoms with E-state index in [1.807, 2.05) is 49.1 Å². The van der Waals surface area contributed by atoms with Gasteiger partial charge in [0.25, 0.3) is 0 Å². The summed E-state index contributed by atoms with van der Waals surface area (Å²) in [6.07, 6.45) is 3.00. The van der Waals surface area contributed by atoms with E-state index in [0.717, 1.165) is 31.4 Å². The number of rotatable bonds is 3. The van der Waals surface area contributed by atoms with Crippen molar-refractivity contribution in [1.29, 1.82) is 0 Å².